The number of hydrogen-bond donors (Lipinski definition) is 2. The van der Waals surface area contributed by atoms with Crippen molar-refractivity contribution in [3.63, 3.8) is 0 Å². The molecule has 8 nitrogen and oxygen atoms in total. The highest BCUT2D eigenvalue weighted by Gasteiger charge is 2.18. The first-order valence-corrected chi connectivity index (χ1v) is 8.07. The normalized spacial score (nSPS) is 12.1. The Bertz CT molecular complexity index is 874. The number of carbonyl (C=O) groups excluding carboxylic acids is 1. The van der Waals surface area contributed by atoms with Crippen molar-refractivity contribution in [3.8, 4) is 11.3 Å². The van der Waals surface area contributed by atoms with E-state index < -0.39 is 0 Å². The van der Waals surface area contributed by atoms with Gasteiger partial charge in [0.25, 0.3) is 5.91 Å². The fourth-order valence-corrected chi connectivity index (χ4v) is 2.51. The molecule has 2 aromatic heterocycles. The molecule has 0 aliphatic rings. The maximum absolute atomic E-state index is 13.0. The number of hydrogen-bond acceptors (Lipinski definition) is 5. The number of rotatable bonds is 7. The molecular formula is C17H19FN6O2. The SMILES string of the molecule is COCCn1cnnc1C(C)NC(=O)c1cc(-c2ccc(F)cc2)n[nH]1. The number of aromatic nitrogens is 5. The van der Waals surface area contributed by atoms with Gasteiger partial charge >= 0.3 is 0 Å². The van der Waals surface area contributed by atoms with Crippen molar-refractivity contribution in [1.29, 1.82) is 0 Å². The Hall–Kier alpha value is -3.07. The second kappa shape index (κ2) is 7.87. The molecule has 9 heteroatoms. The summed E-state index contributed by atoms with van der Waals surface area (Å²) in [5, 5.41) is 17.6. The summed E-state index contributed by atoms with van der Waals surface area (Å²) in [5.41, 5.74) is 1.58. The molecular weight excluding hydrogens is 339 g/mol. The molecule has 0 saturated heterocycles. The number of halogens is 1. The first-order valence-electron chi connectivity index (χ1n) is 8.07. The van der Waals surface area contributed by atoms with E-state index in [1.165, 1.54) is 12.1 Å². The Morgan fingerprint density at radius 1 is 1.38 bits per heavy atom. The summed E-state index contributed by atoms with van der Waals surface area (Å²) in [6, 6.07) is 7.17. The van der Waals surface area contributed by atoms with Crippen LogP contribution in [0.25, 0.3) is 11.3 Å². The molecule has 2 heterocycles. The zero-order valence-corrected chi connectivity index (χ0v) is 14.4. The second-order valence-corrected chi connectivity index (χ2v) is 5.74. The van der Waals surface area contributed by atoms with Crippen molar-refractivity contribution < 1.29 is 13.9 Å². The summed E-state index contributed by atoms with van der Waals surface area (Å²) in [6.45, 7) is 2.94. The molecule has 2 N–H and O–H groups in total. The van der Waals surface area contributed by atoms with Gasteiger partial charge in [0, 0.05) is 19.2 Å². The summed E-state index contributed by atoms with van der Waals surface area (Å²) >= 11 is 0. The number of nitrogens with one attached hydrogen (secondary N) is 2. The Morgan fingerprint density at radius 2 is 2.15 bits per heavy atom. The van der Waals surface area contributed by atoms with E-state index in [0.29, 0.717) is 35.9 Å². The average molecular weight is 358 g/mol. The minimum atomic E-state index is -0.348. The predicted molar refractivity (Wildman–Crippen MR) is 91.8 cm³/mol. The van der Waals surface area contributed by atoms with E-state index in [2.05, 4.69) is 25.7 Å². The average Bonchev–Trinajstić information content (AvgIpc) is 3.30. The van der Waals surface area contributed by atoms with Crippen LogP contribution in [0.2, 0.25) is 0 Å². The van der Waals surface area contributed by atoms with Crippen molar-refractivity contribution in [3.05, 3.63) is 54.0 Å². The molecule has 3 aromatic rings. The maximum atomic E-state index is 13.0. The van der Waals surface area contributed by atoms with Crippen LogP contribution in [-0.2, 0) is 11.3 Å². The number of carbonyl (C=O) groups is 1. The Balaban J connectivity index is 1.68. The van der Waals surface area contributed by atoms with Crippen LogP contribution in [0, 0.1) is 5.82 Å². The molecule has 0 fully saturated rings. The van der Waals surface area contributed by atoms with Gasteiger partial charge in [-0.1, -0.05) is 0 Å². The van der Waals surface area contributed by atoms with Crippen LogP contribution < -0.4 is 5.32 Å². The molecule has 0 bridgehead atoms. The predicted octanol–water partition coefficient (Wildman–Crippen LogP) is 1.94. The highest BCUT2D eigenvalue weighted by molar-refractivity contribution is 5.93. The van der Waals surface area contributed by atoms with Crippen LogP contribution in [-0.4, -0.2) is 44.6 Å². The van der Waals surface area contributed by atoms with E-state index in [9.17, 15) is 9.18 Å². The number of H-pyrrole nitrogens is 1. The van der Waals surface area contributed by atoms with E-state index in [-0.39, 0.29) is 17.8 Å². The molecule has 1 atom stereocenters. The fraction of sp³-hybridized carbons (Fsp3) is 0.294. The summed E-state index contributed by atoms with van der Waals surface area (Å²) in [5.74, 6) is -0.0120. The lowest BCUT2D eigenvalue weighted by Gasteiger charge is -2.14. The van der Waals surface area contributed by atoms with Gasteiger partial charge in [0.2, 0.25) is 0 Å². The van der Waals surface area contributed by atoms with Crippen LogP contribution in [0.1, 0.15) is 29.3 Å². The molecule has 0 spiro atoms. The lowest BCUT2D eigenvalue weighted by atomic mass is 10.1. The van der Waals surface area contributed by atoms with Crippen LogP contribution in [0.15, 0.2) is 36.7 Å². The summed E-state index contributed by atoms with van der Waals surface area (Å²) < 4.78 is 19.9. The van der Waals surface area contributed by atoms with E-state index in [1.54, 1.807) is 31.6 Å². The molecule has 3 rings (SSSR count). The number of nitrogens with zero attached hydrogens (tertiary/aromatic N) is 4. The first kappa shape index (κ1) is 17.7. The lowest BCUT2D eigenvalue weighted by Crippen LogP contribution is -2.29. The van der Waals surface area contributed by atoms with Gasteiger partial charge in [-0.2, -0.15) is 5.10 Å². The third-order valence-corrected chi connectivity index (χ3v) is 3.88. The third kappa shape index (κ3) is 3.94. The number of benzene rings is 1. The summed E-state index contributed by atoms with van der Waals surface area (Å²) in [6.07, 6.45) is 1.60. The van der Waals surface area contributed by atoms with Gasteiger partial charge in [0.1, 0.15) is 17.8 Å². The molecule has 1 unspecified atom stereocenters. The van der Waals surface area contributed by atoms with Crippen LogP contribution in [0.3, 0.4) is 0 Å². The molecule has 1 aromatic carbocycles. The van der Waals surface area contributed by atoms with Crippen molar-refractivity contribution in [2.75, 3.05) is 13.7 Å². The Labute approximate surface area is 149 Å². The number of methoxy groups -OCH3 is 1. The standard InChI is InChI=1S/C17H19FN6O2/c1-11(16-23-19-10-24(16)7-8-26-2)20-17(25)15-9-14(21-22-15)12-3-5-13(18)6-4-12/h3-6,9-11H,7-8H2,1-2H3,(H,20,25)(H,21,22). The van der Waals surface area contributed by atoms with Gasteiger partial charge < -0.3 is 14.6 Å². The molecule has 0 aliphatic heterocycles. The highest BCUT2D eigenvalue weighted by Crippen LogP contribution is 2.18. The monoisotopic (exact) mass is 358 g/mol. The van der Waals surface area contributed by atoms with Gasteiger partial charge in [-0.3, -0.25) is 9.89 Å². The Morgan fingerprint density at radius 3 is 2.88 bits per heavy atom. The summed E-state index contributed by atoms with van der Waals surface area (Å²) in [4.78, 5) is 12.4. The topological polar surface area (TPSA) is 97.7 Å². The second-order valence-electron chi connectivity index (χ2n) is 5.74. The van der Waals surface area contributed by atoms with Crippen LogP contribution in [0.5, 0.6) is 0 Å². The van der Waals surface area contributed by atoms with Crippen molar-refractivity contribution in [2.24, 2.45) is 0 Å². The van der Waals surface area contributed by atoms with E-state index >= 15 is 0 Å². The zero-order valence-electron chi connectivity index (χ0n) is 14.4. The van der Waals surface area contributed by atoms with E-state index in [1.807, 2.05) is 11.5 Å². The quantitative estimate of drug-likeness (QED) is 0.673. The number of ether oxygens (including phenoxy) is 1. The van der Waals surface area contributed by atoms with Gasteiger partial charge in [0.15, 0.2) is 5.82 Å². The van der Waals surface area contributed by atoms with Crippen molar-refractivity contribution in [2.45, 2.75) is 19.5 Å². The molecule has 136 valence electrons. The lowest BCUT2D eigenvalue weighted by molar-refractivity contribution is 0.0932. The maximum Gasteiger partial charge on any atom is 0.269 e. The number of amides is 1. The fourth-order valence-electron chi connectivity index (χ4n) is 2.51. The molecule has 1 amide bonds. The first-order chi connectivity index (χ1) is 12.6. The third-order valence-electron chi connectivity index (χ3n) is 3.88. The van der Waals surface area contributed by atoms with Crippen LogP contribution >= 0.6 is 0 Å². The van der Waals surface area contributed by atoms with Crippen LogP contribution in [0.4, 0.5) is 4.39 Å². The molecule has 0 saturated carbocycles. The minimum absolute atomic E-state index is 0.305. The van der Waals surface area contributed by atoms with Crippen molar-refractivity contribution in [1.82, 2.24) is 30.3 Å². The van der Waals surface area contributed by atoms with Gasteiger partial charge in [-0.15, -0.1) is 10.2 Å². The largest absolute Gasteiger partial charge is 0.383 e. The highest BCUT2D eigenvalue weighted by atomic mass is 19.1. The van der Waals surface area contributed by atoms with Gasteiger partial charge in [-0.05, 0) is 37.3 Å². The molecule has 26 heavy (non-hydrogen) atoms. The molecule has 0 radical (unpaired) electrons. The zero-order chi connectivity index (χ0) is 18.5. The van der Waals surface area contributed by atoms with Gasteiger partial charge in [-0.25, -0.2) is 4.39 Å². The van der Waals surface area contributed by atoms with Gasteiger partial charge in [0.05, 0.1) is 18.3 Å². The van der Waals surface area contributed by atoms with E-state index in [0.717, 1.165) is 0 Å². The smallest absolute Gasteiger partial charge is 0.269 e. The molecule has 0 aliphatic carbocycles. The minimum Gasteiger partial charge on any atom is -0.383 e. The Kier molecular flexibility index (Phi) is 5.37. The van der Waals surface area contributed by atoms with Crippen molar-refractivity contribution >= 4 is 5.91 Å². The number of aromatic amines is 1. The van der Waals surface area contributed by atoms with E-state index in [4.69, 9.17) is 4.74 Å². The summed E-state index contributed by atoms with van der Waals surface area (Å²) in [7, 11) is 1.62.